The average molecular weight is 303 g/mol. The minimum absolute atomic E-state index is 0.0898. The molecule has 0 aliphatic heterocycles. The maximum Gasteiger partial charge on any atom is 0.258 e. The Labute approximate surface area is 129 Å². The summed E-state index contributed by atoms with van der Waals surface area (Å²) in [7, 11) is 0. The van der Waals surface area contributed by atoms with Crippen LogP contribution in [0.3, 0.4) is 0 Å². The number of carbonyl (C=O) groups excluding carboxylic acids is 1. The van der Waals surface area contributed by atoms with Crippen LogP contribution in [0.5, 0.6) is 11.5 Å². The molecule has 3 N–H and O–H groups in total. The second-order valence-electron chi connectivity index (χ2n) is 5.41. The van der Waals surface area contributed by atoms with E-state index in [-0.39, 0.29) is 17.1 Å². The van der Waals surface area contributed by atoms with Crippen molar-refractivity contribution in [3.8, 4) is 11.5 Å². The van der Waals surface area contributed by atoms with Gasteiger partial charge in [-0.3, -0.25) is 4.79 Å². The molecule has 6 nitrogen and oxygen atoms in total. The topological polar surface area (TPSA) is 87.4 Å². The van der Waals surface area contributed by atoms with Crippen LogP contribution in [0.4, 0.5) is 0 Å². The van der Waals surface area contributed by atoms with E-state index in [1.165, 1.54) is 18.2 Å². The zero-order chi connectivity index (χ0) is 16.1. The van der Waals surface area contributed by atoms with Crippen molar-refractivity contribution in [1.82, 2.24) is 14.9 Å². The van der Waals surface area contributed by atoms with Gasteiger partial charge in [0.2, 0.25) is 0 Å². The molecule has 0 saturated carbocycles. The summed E-state index contributed by atoms with van der Waals surface area (Å²) >= 11 is 0. The van der Waals surface area contributed by atoms with Crippen molar-refractivity contribution in [2.24, 2.45) is 0 Å². The summed E-state index contributed by atoms with van der Waals surface area (Å²) < 4.78 is 2.06. The van der Waals surface area contributed by atoms with Gasteiger partial charge in [-0.25, -0.2) is 4.98 Å². The number of amides is 1. The fraction of sp³-hybridized carbons (Fsp3) is 0.375. The highest BCUT2D eigenvalue weighted by Crippen LogP contribution is 2.25. The molecule has 1 aromatic heterocycles. The van der Waals surface area contributed by atoms with Crippen LogP contribution in [0.15, 0.2) is 30.6 Å². The number of aryl methyl sites for hydroxylation is 1. The standard InChI is InChI=1S/C16H21N3O3/c1-11(2)15-17-8-10-19(15)9-4-7-18-16(22)14-12(20)5-3-6-13(14)21/h3,5-6,8,10-11,20-21H,4,7,9H2,1-2H3,(H,18,22). The SMILES string of the molecule is CC(C)c1nccn1CCCNC(=O)c1c(O)cccc1O. The molecule has 0 aliphatic carbocycles. The molecule has 2 rings (SSSR count). The molecule has 1 amide bonds. The monoisotopic (exact) mass is 303 g/mol. The van der Waals surface area contributed by atoms with Crippen molar-refractivity contribution in [3.05, 3.63) is 42.0 Å². The number of rotatable bonds is 6. The number of nitrogens with one attached hydrogen (secondary N) is 1. The molecule has 0 saturated heterocycles. The van der Waals surface area contributed by atoms with E-state index < -0.39 is 5.91 Å². The van der Waals surface area contributed by atoms with Gasteiger partial charge in [0, 0.05) is 31.4 Å². The molecule has 118 valence electrons. The Morgan fingerprint density at radius 1 is 1.32 bits per heavy atom. The fourth-order valence-corrected chi connectivity index (χ4v) is 2.31. The molecule has 2 aromatic rings. The van der Waals surface area contributed by atoms with Crippen molar-refractivity contribution in [3.63, 3.8) is 0 Å². The van der Waals surface area contributed by atoms with Crippen molar-refractivity contribution in [2.45, 2.75) is 32.7 Å². The van der Waals surface area contributed by atoms with Crippen LogP contribution >= 0.6 is 0 Å². The number of nitrogens with zero attached hydrogens (tertiary/aromatic N) is 2. The number of imidazole rings is 1. The predicted molar refractivity (Wildman–Crippen MR) is 83.0 cm³/mol. The average Bonchev–Trinajstić information content (AvgIpc) is 2.92. The van der Waals surface area contributed by atoms with Gasteiger partial charge in [0.25, 0.3) is 5.91 Å². The second kappa shape index (κ2) is 6.98. The van der Waals surface area contributed by atoms with Crippen molar-refractivity contribution in [2.75, 3.05) is 6.54 Å². The first-order chi connectivity index (χ1) is 10.5. The number of hydrogen-bond donors (Lipinski definition) is 3. The third kappa shape index (κ3) is 3.58. The van der Waals surface area contributed by atoms with Crippen LogP contribution < -0.4 is 5.32 Å². The summed E-state index contributed by atoms with van der Waals surface area (Å²) in [5.41, 5.74) is -0.0898. The molecule has 0 bridgehead atoms. The highest BCUT2D eigenvalue weighted by molar-refractivity contribution is 5.99. The Balaban J connectivity index is 1.86. The van der Waals surface area contributed by atoms with Crippen LogP contribution in [0, 0.1) is 0 Å². The molecular formula is C16H21N3O3. The Kier molecular flexibility index (Phi) is 5.04. The van der Waals surface area contributed by atoms with Crippen LogP contribution in [0.2, 0.25) is 0 Å². The number of phenolic OH excluding ortho intramolecular Hbond substituents is 2. The zero-order valence-electron chi connectivity index (χ0n) is 12.8. The lowest BCUT2D eigenvalue weighted by Crippen LogP contribution is -2.25. The number of aromatic hydroxyl groups is 2. The van der Waals surface area contributed by atoms with Crippen LogP contribution in [-0.2, 0) is 6.54 Å². The predicted octanol–water partition coefficient (Wildman–Crippen LogP) is 2.24. The summed E-state index contributed by atoms with van der Waals surface area (Å²) in [6, 6.07) is 4.22. The van der Waals surface area contributed by atoms with Gasteiger partial charge in [-0.05, 0) is 18.6 Å². The summed E-state index contributed by atoms with van der Waals surface area (Å²) in [6.07, 6.45) is 4.43. The van der Waals surface area contributed by atoms with Gasteiger partial charge in [-0.1, -0.05) is 19.9 Å². The van der Waals surface area contributed by atoms with E-state index in [0.717, 1.165) is 18.8 Å². The molecule has 1 heterocycles. The van der Waals surface area contributed by atoms with Gasteiger partial charge < -0.3 is 20.1 Å². The van der Waals surface area contributed by atoms with Gasteiger partial charge in [0.1, 0.15) is 22.9 Å². The highest BCUT2D eigenvalue weighted by Gasteiger charge is 2.15. The lowest BCUT2D eigenvalue weighted by atomic mass is 10.1. The van der Waals surface area contributed by atoms with Gasteiger partial charge in [0.05, 0.1) is 0 Å². The molecule has 22 heavy (non-hydrogen) atoms. The van der Waals surface area contributed by atoms with Crippen molar-refractivity contribution < 1.29 is 15.0 Å². The Morgan fingerprint density at radius 3 is 2.64 bits per heavy atom. The first-order valence-corrected chi connectivity index (χ1v) is 7.31. The maximum absolute atomic E-state index is 12.0. The molecule has 0 aliphatic rings. The van der Waals surface area contributed by atoms with E-state index in [1.807, 2.05) is 6.20 Å². The molecule has 0 fully saturated rings. The molecular weight excluding hydrogens is 282 g/mol. The van der Waals surface area contributed by atoms with E-state index in [1.54, 1.807) is 6.20 Å². The molecule has 0 spiro atoms. The van der Waals surface area contributed by atoms with E-state index in [0.29, 0.717) is 12.5 Å². The van der Waals surface area contributed by atoms with Crippen molar-refractivity contribution >= 4 is 5.91 Å². The lowest BCUT2D eigenvalue weighted by molar-refractivity contribution is 0.0947. The minimum atomic E-state index is -0.481. The quantitative estimate of drug-likeness (QED) is 0.714. The number of phenols is 2. The fourth-order valence-electron chi connectivity index (χ4n) is 2.31. The van der Waals surface area contributed by atoms with E-state index in [4.69, 9.17) is 0 Å². The second-order valence-corrected chi connectivity index (χ2v) is 5.41. The van der Waals surface area contributed by atoms with E-state index in [9.17, 15) is 15.0 Å². The summed E-state index contributed by atoms with van der Waals surface area (Å²) in [6.45, 7) is 5.37. The third-order valence-electron chi connectivity index (χ3n) is 3.37. The largest absolute Gasteiger partial charge is 0.507 e. The first-order valence-electron chi connectivity index (χ1n) is 7.31. The summed E-state index contributed by atoms with van der Waals surface area (Å²) in [4.78, 5) is 16.3. The lowest BCUT2D eigenvalue weighted by Gasteiger charge is -2.11. The minimum Gasteiger partial charge on any atom is -0.507 e. The van der Waals surface area contributed by atoms with Gasteiger partial charge in [-0.15, -0.1) is 0 Å². The molecule has 1 aromatic carbocycles. The van der Waals surface area contributed by atoms with E-state index in [2.05, 4.69) is 28.7 Å². The number of aromatic nitrogens is 2. The van der Waals surface area contributed by atoms with Crippen molar-refractivity contribution in [1.29, 1.82) is 0 Å². The third-order valence-corrected chi connectivity index (χ3v) is 3.37. The van der Waals surface area contributed by atoms with Gasteiger partial charge >= 0.3 is 0 Å². The summed E-state index contributed by atoms with van der Waals surface area (Å²) in [5.74, 6) is 0.432. The smallest absolute Gasteiger partial charge is 0.258 e. The molecule has 0 atom stereocenters. The van der Waals surface area contributed by atoms with Gasteiger partial charge in [-0.2, -0.15) is 0 Å². The summed E-state index contributed by atoms with van der Waals surface area (Å²) in [5, 5.41) is 22.0. The Morgan fingerprint density at radius 2 is 2.00 bits per heavy atom. The van der Waals surface area contributed by atoms with Crippen LogP contribution in [0.1, 0.15) is 42.4 Å². The highest BCUT2D eigenvalue weighted by atomic mass is 16.3. The maximum atomic E-state index is 12.0. The van der Waals surface area contributed by atoms with Crippen LogP contribution in [0.25, 0.3) is 0 Å². The molecule has 0 unspecified atom stereocenters. The van der Waals surface area contributed by atoms with Gasteiger partial charge in [0.15, 0.2) is 0 Å². The van der Waals surface area contributed by atoms with E-state index >= 15 is 0 Å². The molecule has 0 radical (unpaired) electrons. The number of carbonyl (C=O) groups is 1. The molecule has 6 heteroatoms. The Hall–Kier alpha value is -2.50. The number of hydrogen-bond acceptors (Lipinski definition) is 4. The normalized spacial score (nSPS) is 10.9. The number of benzene rings is 1. The first kappa shape index (κ1) is 15.9. The zero-order valence-corrected chi connectivity index (χ0v) is 12.8. The Bertz CT molecular complexity index is 630. The van der Waals surface area contributed by atoms with Crippen LogP contribution in [-0.4, -0.2) is 32.2 Å².